The van der Waals surface area contributed by atoms with Crippen LogP contribution < -0.4 is 11.1 Å². The number of hydrogen-bond acceptors (Lipinski definition) is 3. The fourth-order valence-electron chi connectivity index (χ4n) is 4.00. The molecule has 0 radical (unpaired) electrons. The molecule has 2 fully saturated rings. The number of benzene rings is 1. The Labute approximate surface area is 147 Å². The molecule has 1 aromatic carbocycles. The lowest BCUT2D eigenvalue weighted by molar-refractivity contribution is -0.135. The van der Waals surface area contributed by atoms with Gasteiger partial charge in [-0.25, -0.2) is 4.79 Å². The Kier molecular flexibility index (Phi) is 4.65. The van der Waals surface area contributed by atoms with Crippen molar-refractivity contribution in [2.75, 3.05) is 26.7 Å². The van der Waals surface area contributed by atoms with Gasteiger partial charge in [0.05, 0.1) is 12.5 Å². The van der Waals surface area contributed by atoms with Crippen molar-refractivity contribution in [2.45, 2.75) is 30.7 Å². The van der Waals surface area contributed by atoms with Crippen LogP contribution in [-0.2, 0) is 9.59 Å². The largest absolute Gasteiger partial charge is 0.352 e. The van der Waals surface area contributed by atoms with Gasteiger partial charge < -0.3 is 20.9 Å². The number of piperidine rings is 1. The molecule has 25 heavy (non-hydrogen) atoms. The third-order valence-corrected chi connectivity index (χ3v) is 5.59. The van der Waals surface area contributed by atoms with E-state index in [0.717, 1.165) is 24.8 Å². The van der Waals surface area contributed by atoms with Crippen LogP contribution in [0.1, 0.15) is 30.7 Å². The Balaban J connectivity index is 1.65. The summed E-state index contributed by atoms with van der Waals surface area (Å²) in [6.45, 7) is 1.08. The number of rotatable bonds is 3. The fraction of sp³-hybridized carbons (Fsp3) is 0.500. The number of hydrogen-bond donors (Lipinski definition) is 2. The molecular formula is C18H24N4O3. The first-order valence-corrected chi connectivity index (χ1v) is 8.57. The van der Waals surface area contributed by atoms with E-state index < -0.39 is 6.03 Å². The Morgan fingerprint density at radius 2 is 1.88 bits per heavy atom. The van der Waals surface area contributed by atoms with Gasteiger partial charge in [0.1, 0.15) is 0 Å². The molecule has 4 amide bonds. The molecule has 2 heterocycles. The molecule has 0 aliphatic carbocycles. The van der Waals surface area contributed by atoms with E-state index in [2.05, 4.69) is 5.32 Å². The average molecular weight is 344 g/mol. The van der Waals surface area contributed by atoms with Crippen LogP contribution in [0.4, 0.5) is 4.79 Å². The van der Waals surface area contributed by atoms with Gasteiger partial charge in [0, 0.05) is 25.7 Å². The van der Waals surface area contributed by atoms with Gasteiger partial charge in [-0.3, -0.25) is 9.59 Å². The standard InChI is InChI=1S/C18H24N4O3/c1-21-16(24)14(13-5-3-2-4-6-13)11-18(21)7-9-22(10-8-18)15(23)12-20-17(19)25/h2-6,14H,7-12H2,1H3,(H3,19,20,25)/t14-/m0/s1. The van der Waals surface area contributed by atoms with E-state index in [4.69, 9.17) is 5.73 Å². The third kappa shape index (κ3) is 3.31. The van der Waals surface area contributed by atoms with Crippen molar-refractivity contribution in [3.63, 3.8) is 0 Å². The van der Waals surface area contributed by atoms with Gasteiger partial charge >= 0.3 is 6.03 Å². The van der Waals surface area contributed by atoms with Crippen LogP contribution >= 0.6 is 0 Å². The Hall–Kier alpha value is -2.57. The van der Waals surface area contributed by atoms with E-state index in [9.17, 15) is 14.4 Å². The molecule has 0 saturated carbocycles. The Morgan fingerprint density at radius 1 is 1.24 bits per heavy atom. The molecule has 7 heteroatoms. The van der Waals surface area contributed by atoms with Crippen molar-refractivity contribution in [3.05, 3.63) is 35.9 Å². The van der Waals surface area contributed by atoms with Gasteiger partial charge in [-0.05, 0) is 24.8 Å². The van der Waals surface area contributed by atoms with Crippen LogP contribution in [0.15, 0.2) is 30.3 Å². The predicted molar refractivity (Wildman–Crippen MR) is 92.7 cm³/mol. The summed E-state index contributed by atoms with van der Waals surface area (Å²) in [5.41, 5.74) is 5.87. The third-order valence-electron chi connectivity index (χ3n) is 5.59. The number of nitrogens with one attached hydrogen (secondary N) is 1. The molecule has 0 bridgehead atoms. The predicted octanol–water partition coefficient (Wildman–Crippen LogP) is 0.662. The van der Waals surface area contributed by atoms with E-state index in [1.807, 2.05) is 42.3 Å². The summed E-state index contributed by atoms with van der Waals surface area (Å²) < 4.78 is 0. The smallest absolute Gasteiger partial charge is 0.312 e. The number of likely N-dealkylation sites (N-methyl/N-ethyl adjacent to an activating group) is 1. The van der Waals surface area contributed by atoms with Crippen LogP contribution in [-0.4, -0.2) is 59.9 Å². The normalized spacial score (nSPS) is 22.3. The molecule has 3 N–H and O–H groups in total. The molecule has 0 aromatic heterocycles. The zero-order valence-corrected chi connectivity index (χ0v) is 14.4. The van der Waals surface area contributed by atoms with Crippen molar-refractivity contribution in [1.82, 2.24) is 15.1 Å². The molecule has 2 aliphatic rings. The first-order valence-electron chi connectivity index (χ1n) is 8.57. The van der Waals surface area contributed by atoms with E-state index in [-0.39, 0.29) is 29.8 Å². The van der Waals surface area contributed by atoms with Crippen LogP contribution in [0.5, 0.6) is 0 Å². The van der Waals surface area contributed by atoms with Crippen molar-refractivity contribution >= 4 is 17.8 Å². The number of carbonyl (C=O) groups is 3. The summed E-state index contributed by atoms with van der Waals surface area (Å²) in [5, 5.41) is 2.33. The Bertz CT molecular complexity index is 668. The van der Waals surface area contributed by atoms with E-state index in [1.165, 1.54) is 0 Å². The summed E-state index contributed by atoms with van der Waals surface area (Å²) >= 11 is 0. The molecule has 2 saturated heterocycles. The second-order valence-corrected chi connectivity index (χ2v) is 6.89. The minimum absolute atomic E-state index is 0.0796. The highest BCUT2D eigenvalue weighted by atomic mass is 16.2. The zero-order valence-electron chi connectivity index (χ0n) is 14.4. The number of urea groups is 1. The van der Waals surface area contributed by atoms with Crippen molar-refractivity contribution in [3.8, 4) is 0 Å². The minimum Gasteiger partial charge on any atom is -0.352 e. The molecular weight excluding hydrogens is 320 g/mol. The second-order valence-electron chi connectivity index (χ2n) is 6.89. The van der Waals surface area contributed by atoms with Gasteiger partial charge in [0.25, 0.3) is 0 Å². The summed E-state index contributed by atoms with van der Waals surface area (Å²) in [4.78, 5) is 39.2. The molecule has 0 unspecified atom stereocenters. The number of primary amides is 1. The van der Waals surface area contributed by atoms with Gasteiger partial charge in [0.2, 0.25) is 11.8 Å². The van der Waals surface area contributed by atoms with Gasteiger partial charge in [-0.2, -0.15) is 0 Å². The summed E-state index contributed by atoms with van der Waals surface area (Å²) in [7, 11) is 1.87. The molecule has 1 spiro atoms. The highest BCUT2D eigenvalue weighted by Gasteiger charge is 2.50. The summed E-state index contributed by atoms with van der Waals surface area (Å²) in [5.74, 6) is -0.0911. The number of nitrogens with zero attached hydrogens (tertiary/aromatic N) is 2. The average Bonchev–Trinajstić information content (AvgIpc) is 2.86. The maximum Gasteiger partial charge on any atom is 0.312 e. The van der Waals surface area contributed by atoms with Gasteiger partial charge in [0.15, 0.2) is 0 Å². The van der Waals surface area contributed by atoms with Crippen LogP contribution in [0.2, 0.25) is 0 Å². The topological polar surface area (TPSA) is 95.7 Å². The number of nitrogens with two attached hydrogens (primary N) is 1. The van der Waals surface area contributed by atoms with Crippen molar-refractivity contribution < 1.29 is 14.4 Å². The summed E-state index contributed by atoms with van der Waals surface area (Å²) in [6.07, 6.45) is 2.29. The van der Waals surface area contributed by atoms with E-state index >= 15 is 0 Å². The van der Waals surface area contributed by atoms with Crippen LogP contribution in [0.3, 0.4) is 0 Å². The quantitative estimate of drug-likeness (QED) is 0.843. The molecule has 1 atom stereocenters. The maximum atomic E-state index is 12.8. The molecule has 7 nitrogen and oxygen atoms in total. The minimum atomic E-state index is -0.700. The van der Waals surface area contributed by atoms with E-state index in [0.29, 0.717) is 13.1 Å². The lowest BCUT2D eigenvalue weighted by Crippen LogP contribution is -2.54. The van der Waals surface area contributed by atoms with Gasteiger partial charge in [-0.15, -0.1) is 0 Å². The zero-order chi connectivity index (χ0) is 18.0. The molecule has 2 aliphatic heterocycles. The molecule has 1 aromatic rings. The highest BCUT2D eigenvalue weighted by Crippen LogP contribution is 2.44. The van der Waals surface area contributed by atoms with Crippen molar-refractivity contribution in [1.29, 1.82) is 0 Å². The highest BCUT2D eigenvalue weighted by molar-refractivity contribution is 5.87. The first-order chi connectivity index (χ1) is 11.9. The van der Waals surface area contributed by atoms with E-state index in [1.54, 1.807) is 4.90 Å². The first kappa shape index (κ1) is 17.3. The SMILES string of the molecule is CN1C(=O)[C@H](c2ccccc2)CC12CCN(C(=O)CNC(N)=O)CC2. The lowest BCUT2D eigenvalue weighted by atomic mass is 9.81. The van der Waals surface area contributed by atoms with Crippen LogP contribution in [0.25, 0.3) is 0 Å². The molecule has 134 valence electrons. The fourth-order valence-corrected chi connectivity index (χ4v) is 4.00. The molecule has 3 rings (SSSR count). The van der Waals surface area contributed by atoms with Crippen molar-refractivity contribution in [2.24, 2.45) is 5.73 Å². The number of amides is 4. The maximum absolute atomic E-state index is 12.8. The number of likely N-dealkylation sites (tertiary alicyclic amines) is 2. The monoisotopic (exact) mass is 344 g/mol. The Morgan fingerprint density at radius 3 is 2.48 bits per heavy atom. The van der Waals surface area contributed by atoms with Crippen LogP contribution in [0, 0.1) is 0 Å². The van der Waals surface area contributed by atoms with Gasteiger partial charge in [-0.1, -0.05) is 30.3 Å². The lowest BCUT2D eigenvalue weighted by Gasteiger charge is -2.43. The number of carbonyl (C=O) groups excluding carboxylic acids is 3. The second kappa shape index (κ2) is 6.74. The summed E-state index contributed by atoms with van der Waals surface area (Å²) in [6, 6.07) is 9.18.